The molecule has 0 bridgehead atoms. The summed E-state index contributed by atoms with van der Waals surface area (Å²) in [5.41, 5.74) is 0.969. The molecule has 0 aliphatic carbocycles. The molecule has 0 aliphatic rings. The van der Waals surface area contributed by atoms with Crippen molar-refractivity contribution in [3.05, 3.63) is 28.8 Å². The predicted molar refractivity (Wildman–Crippen MR) is 75.3 cm³/mol. The number of hydrogen-bond acceptors (Lipinski definition) is 3. The number of rotatable bonds is 7. The molecule has 0 fully saturated rings. The number of thioether (sulfide) groups is 1. The molecule has 4 heteroatoms. The average Bonchev–Trinajstić information content (AvgIpc) is 2.29. The molecule has 17 heavy (non-hydrogen) atoms. The van der Waals surface area contributed by atoms with Crippen LogP contribution in [0.2, 0.25) is 5.02 Å². The second kappa shape index (κ2) is 7.85. The van der Waals surface area contributed by atoms with Gasteiger partial charge in [0.15, 0.2) is 0 Å². The number of aliphatic hydroxyl groups is 1. The lowest BCUT2D eigenvalue weighted by molar-refractivity contribution is 0.163. The first-order valence-electron chi connectivity index (χ1n) is 5.66. The van der Waals surface area contributed by atoms with Gasteiger partial charge in [-0.1, -0.05) is 11.6 Å². The molecule has 0 heterocycles. The summed E-state index contributed by atoms with van der Waals surface area (Å²) in [6.07, 6.45) is 4.20. The second-order valence-electron chi connectivity index (χ2n) is 3.95. The summed E-state index contributed by atoms with van der Waals surface area (Å²) in [7, 11) is 1.63. The van der Waals surface area contributed by atoms with Crippen LogP contribution in [0, 0.1) is 0 Å². The molecule has 0 aromatic heterocycles. The summed E-state index contributed by atoms with van der Waals surface area (Å²) in [4.78, 5) is 0. The highest BCUT2D eigenvalue weighted by Gasteiger charge is 2.10. The number of benzene rings is 1. The van der Waals surface area contributed by atoms with Crippen molar-refractivity contribution < 1.29 is 9.84 Å². The van der Waals surface area contributed by atoms with Crippen molar-refractivity contribution >= 4 is 23.4 Å². The van der Waals surface area contributed by atoms with Gasteiger partial charge in [-0.3, -0.25) is 0 Å². The monoisotopic (exact) mass is 274 g/mol. The lowest BCUT2D eigenvalue weighted by Gasteiger charge is -2.13. The van der Waals surface area contributed by atoms with Gasteiger partial charge in [0, 0.05) is 11.4 Å². The SMILES string of the molecule is COc1ccc(Cl)cc1CC(O)CCCSC. The highest BCUT2D eigenvalue weighted by atomic mass is 35.5. The maximum absolute atomic E-state index is 9.93. The van der Waals surface area contributed by atoms with E-state index in [0.717, 1.165) is 29.9 Å². The van der Waals surface area contributed by atoms with Crippen LogP contribution in [0.3, 0.4) is 0 Å². The van der Waals surface area contributed by atoms with E-state index in [1.807, 2.05) is 12.1 Å². The quantitative estimate of drug-likeness (QED) is 0.773. The van der Waals surface area contributed by atoms with E-state index in [1.54, 1.807) is 24.9 Å². The number of hydrogen-bond donors (Lipinski definition) is 1. The third-order valence-corrected chi connectivity index (χ3v) is 3.52. The second-order valence-corrected chi connectivity index (χ2v) is 5.37. The van der Waals surface area contributed by atoms with Crippen molar-refractivity contribution in [1.82, 2.24) is 0 Å². The lowest BCUT2D eigenvalue weighted by atomic mass is 10.0. The van der Waals surface area contributed by atoms with Crippen LogP contribution in [-0.4, -0.2) is 30.3 Å². The van der Waals surface area contributed by atoms with E-state index in [4.69, 9.17) is 16.3 Å². The molecule has 1 unspecified atom stereocenters. The highest BCUT2D eigenvalue weighted by molar-refractivity contribution is 7.98. The largest absolute Gasteiger partial charge is 0.496 e. The topological polar surface area (TPSA) is 29.5 Å². The Bertz CT molecular complexity index is 344. The molecule has 2 nitrogen and oxygen atoms in total. The van der Waals surface area contributed by atoms with Crippen LogP contribution in [0.15, 0.2) is 18.2 Å². The fourth-order valence-electron chi connectivity index (χ4n) is 1.73. The van der Waals surface area contributed by atoms with Crippen LogP contribution < -0.4 is 4.74 Å². The Kier molecular flexibility index (Phi) is 6.78. The Balaban J connectivity index is 2.57. The number of aliphatic hydroxyl groups excluding tert-OH is 1. The van der Waals surface area contributed by atoms with Gasteiger partial charge in [-0.05, 0) is 48.6 Å². The fourth-order valence-corrected chi connectivity index (χ4v) is 2.38. The Morgan fingerprint density at radius 1 is 1.47 bits per heavy atom. The predicted octanol–water partition coefficient (Wildman–Crippen LogP) is 3.40. The van der Waals surface area contributed by atoms with E-state index in [0.29, 0.717) is 11.4 Å². The normalized spacial score (nSPS) is 12.5. The van der Waals surface area contributed by atoms with E-state index in [2.05, 4.69) is 6.26 Å². The Morgan fingerprint density at radius 3 is 2.88 bits per heavy atom. The van der Waals surface area contributed by atoms with Gasteiger partial charge in [-0.2, -0.15) is 11.8 Å². The molecule has 1 N–H and O–H groups in total. The minimum atomic E-state index is -0.325. The third kappa shape index (κ3) is 5.19. The summed E-state index contributed by atoms with van der Waals surface area (Å²) in [5, 5.41) is 10.6. The number of methoxy groups -OCH3 is 1. The summed E-state index contributed by atoms with van der Waals surface area (Å²) in [6.45, 7) is 0. The van der Waals surface area contributed by atoms with Gasteiger partial charge in [0.05, 0.1) is 13.2 Å². The summed E-state index contributed by atoms with van der Waals surface area (Å²) in [5.74, 6) is 1.88. The van der Waals surface area contributed by atoms with Crippen molar-refractivity contribution in [2.24, 2.45) is 0 Å². The van der Waals surface area contributed by atoms with Gasteiger partial charge in [0.2, 0.25) is 0 Å². The van der Waals surface area contributed by atoms with Gasteiger partial charge in [-0.15, -0.1) is 0 Å². The summed E-state index contributed by atoms with van der Waals surface area (Å²) >= 11 is 7.75. The van der Waals surface area contributed by atoms with Crippen LogP contribution in [0.5, 0.6) is 5.75 Å². The van der Waals surface area contributed by atoms with E-state index >= 15 is 0 Å². The Morgan fingerprint density at radius 2 is 2.24 bits per heavy atom. The summed E-state index contributed by atoms with van der Waals surface area (Å²) < 4.78 is 5.25. The van der Waals surface area contributed by atoms with Crippen molar-refractivity contribution in [1.29, 1.82) is 0 Å². The molecule has 0 saturated carbocycles. The first-order chi connectivity index (χ1) is 8.17. The molecule has 0 saturated heterocycles. The molecule has 1 atom stereocenters. The molecular formula is C13H19ClO2S. The standard InChI is InChI=1S/C13H19ClO2S/c1-16-13-6-5-11(14)8-10(13)9-12(15)4-3-7-17-2/h5-6,8,12,15H,3-4,7,9H2,1-2H3. The zero-order chi connectivity index (χ0) is 12.7. The average molecular weight is 275 g/mol. The van der Waals surface area contributed by atoms with E-state index in [9.17, 15) is 5.11 Å². The first kappa shape index (κ1) is 14.7. The smallest absolute Gasteiger partial charge is 0.122 e. The lowest BCUT2D eigenvalue weighted by Crippen LogP contribution is -2.11. The van der Waals surface area contributed by atoms with Crippen molar-refractivity contribution in [2.75, 3.05) is 19.1 Å². The Hall–Kier alpha value is -0.380. The van der Waals surface area contributed by atoms with Crippen molar-refractivity contribution in [3.8, 4) is 5.75 Å². The molecule has 0 amide bonds. The van der Waals surface area contributed by atoms with Gasteiger partial charge in [0.25, 0.3) is 0 Å². The number of halogens is 1. The minimum Gasteiger partial charge on any atom is -0.496 e. The van der Waals surface area contributed by atoms with E-state index in [-0.39, 0.29) is 6.10 Å². The third-order valence-electron chi connectivity index (χ3n) is 2.58. The van der Waals surface area contributed by atoms with Gasteiger partial charge >= 0.3 is 0 Å². The molecule has 0 aliphatic heterocycles. The molecule has 0 radical (unpaired) electrons. The Labute approximate surface area is 112 Å². The maximum Gasteiger partial charge on any atom is 0.122 e. The minimum absolute atomic E-state index is 0.325. The maximum atomic E-state index is 9.93. The molecule has 1 aromatic rings. The number of ether oxygens (including phenoxy) is 1. The molecule has 1 rings (SSSR count). The van der Waals surface area contributed by atoms with Gasteiger partial charge in [-0.25, -0.2) is 0 Å². The fraction of sp³-hybridized carbons (Fsp3) is 0.538. The highest BCUT2D eigenvalue weighted by Crippen LogP contribution is 2.24. The van der Waals surface area contributed by atoms with Crippen molar-refractivity contribution in [2.45, 2.75) is 25.4 Å². The van der Waals surface area contributed by atoms with Crippen LogP contribution in [0.4, 0.5) is 0 Å². The van der Waals surface area contributed by atoms with E-state index < -0.39 is 0 Å². The van der Waals surface area contributed by atoms with Crippen LogP contribution >= 0.6 is 23.4 Å². The molecule has 1 aromatic carbocycles. The summed E-state index contributed by atoms with van der Waals surface area (Å²) in [6, 6.07) is 5.49. The van der Waals surface area contributed by atoms with Crippen LogP contribution in [0.25, 0.3) is 0 Å². The zero-order valence-corrected chi connectivity index (χ0v) is 11.9. The molecular weight excluding hydrogens is 256 g/mol. The van der Waals surface area contributed by atoms with Gasteiger partial charge in [0.1, 0.15) is 5.75 Å². The molecule has 96 valence electrons. The first-order valence-corrected chi connectivity index (χ1v) is 7.44. The zero-order valence-electron chi connectivity index (χ0n) is 10.3. The van der Waals surface area contributed by atoms with Crippen LogP contribution in [-0.2, 0) is 6.42 Å². The van der Waals surface area contributed by atoms with Gasteiger partial charge < -0.3 is 9.84 Å². The van der Waals surface area contributed by atoms with Crippen LogP contribution in [0.1, 0.15) is 18.4 Å². The van der Waals surface area contributed by atoms with E-state index in [1.165, 1.54) is 0 Å². The van der Waals surface area contributed by atoms with Crippen molar-refractivity contribution in [3.63, 3.8) is 0 Å². The molecule has 0 spiro atoms.